The van der Waals surface area contributed by atoms with E-state index in [0.29, 0.717) is 18.0 Å². The first-order valence-electron chi connectivity index (χ1n) is 9.11. The number of amides is 1. The molecule has 27 heavy (non-hydrogen) atoms. The minimum absolute atomic E-state index is 0.0394. The molecule has 0 bridgehead atoms. The van der Waals surface area contributed by atoms with Gasteiger partial charge in [0.15, 0.2) is 6.04 Å². The van der Waals surface area contributed by atoms with Crippen molar-refractivity contribution >= 4 is 22.9 Å². The average Bonchev–Trinajstić information content (AvgIpc) is 3.17. The second-order valence-corrected chi connectivity index (χ2v) is 7.40. The number of likely N-dealkylation sites (N-methyl/N-ethyl adjacent to an activating group) is 1. The van der Waals surface area contributed by atoms with Gasteiger partial charge in [-0.15, -0.1) is 11.3 Å². The Morgan fingerprint density at radius 1 is 1.07 bits per heavy atom. The summed E-state index contributed by atoms with van der Waals surface area (Å²) >= 11 is 1.72. The molecule has 1 unspecified atom stereocenters. The molecule has 5 heteroatoms. The molecule has 0 fully saturated rings. The predicted octanol–water partition coefficient (Wildman–Crippen LogP) is 3.54. The number of ether oxygens (including phenoxy) is 1. The number of carbonyl (C=O) groups is 1. The molecule has 0 aliphatic rings. The van der Waals surface area contributed by atoms with E-state index in [1.807, 2.05) is 67.6 Å². The third-order valence-electron chi connectivity index (χ3n) is 4.37. The van der Waals surface area contributed by atoms with Gasteiger partial charge in [-0.2, -0.15) is 0 Å². The maximum absolute atomic E-state index is 13.3. The van der Waals surface area contributed by atoms with E-state index in [-0.39, 0.29) is 11.9 Å². The topological polar surface area (TPSA) is 42.8 Å². The minimum atomic E-state index is -0.317. The second kappa shape index (κ2) is 9.35. The van der Waals surface area contributed by atoms with Gasteiger partial charge in [0.05, 0.1) is 24.2 Å². The Bertz CT molecular complexity index is 850. The summed E-state index contributed by atoms with van der Waals surface area (Å²) in [5.74, 6) is 0.651. The molecule has 3 aromatic rings. The molecule has 1 amide bonds. The summed E-state index contributed by atoms with van der Waals surface area (Å²) in [4.78, 5) is 15.6. The van der Waals surface area contributed by atoms with Gasteiger partial charge in [0, 0.05) is 5.56 Å². The molecule has 2 N–H and O–H groups in total. The first kappa shape index (κ1) is 19.1. The van der Waals surface area contributed by atoms with Crippen molar-refractivity contribution in [2.75, 3.05) is 19.0 Å². The van der Waals surface area contributed by atoms with Gasteiger partial charge in [0.2, 0.25) is 0 Å². The summed E-state index contributed by atoms with van der Waals surface area (Å²) in [7, 11) is 2.06. The Labute approximate surface area is 164 Å². The van der Waals surface area contributed by atoms with Gasteiger partial charge >= 0.3 is 0 Å². The summed E-state index contributed by atoms with van der Waals surface area (Å²) in [5, 5.41) is 5.14. The molecule has 0 spiro atoms. The second-order valence-electron chi connectivity index (χ2n) is 6.36. The number of para-hydroxylation sites is 2. The molecule has 3 rings (SSSR count). The molecule has 1 heterocycles. The van der Waals surface area contributed by atoms with E-state index in [0.717, 1.165) is 17.0 Å². The highest BCUT2D eigenvalue weighted by atomic mass is 32.1. The zero-order valence-corrected chi connectivity index (χ0v) is 16.5. The van der Waals surface area contributed by atoms with Crippen molar-refractivity contribution < 1.29 is 14.4 Å². The van der Waals surface area contributed by atoms with Gasteiger partial charge in [0.25, 0.3) is 5.91 Å². The van der Waals surface area contributed by atoms with E-state index < -0.39 is 0 Å². The quantitative estimate of drug-likeness (QED) is 0.627. The summed E-state index contributed by atoms with van der Waals surface area (Å²) in [6.07, 6.45) is 0. The molecule has 140 valence electrons. The van der Waals surface area contributed by atoms with Crippen LogP contribution in [0.5, 0.6) is 5.75 Å². The van der Waals surface area contributed by atoms with Crippen LogP contribution in [0, 0.1) is 0 Å². The van der Waals surface area contributed by atoms with Crippen molar-refractivity contribution in [3.8, 4) is 5.75 Å². The highest BCUT2D eigenvalue weighted by molar-refractivity contribution is 7.09. The number of nitrogens with one attached hydrogen (secondary N) is 2. The van der Waals surface area contributed by atoms with Crippen LogP contribution in [-0.2, 0) is 11.3 Å². The van der Waals surface area contributed by atoms with Crippen LogP contribution in [0.25, 0.3) is 0 Å². The van der Waals surface area contributed by atoms with E-state index in [9.17, 15) is 4.79 Å². The molecule has 0 saturated carbocycles. The lowest BCUT2D eigenvalue weighted by molar-refractivity contribution is -0.915. The highest BCUT2D eigenvalue weighted by Crippen LogP contribution is 2.25. The number of hydrogen-bond donors (Lipinski definition) is 2. The SMILES string of the molecule is CCOc1ccccc1NC(=O)[C@@H](c1ccccc1)[NH+](C)Cc1cccs1. The van der Waals surface area contributed by atoms with Crippen molar-refractivity contribution in [3.05, 3.63) is 82.6 Å². The van der Waals surface area contributed by atoms with Crippen LogP contribution < -0.4 is 15.0 Å². The minimum Gasteiger partial charge on any atom is -0.492 e. The van der Waals surface area contributed by atoms with Crippen LogP contribution >= 0.6 is 11.3 Å². The van der Waals surface area contributed by atoms with Crippen molar-refractivity contribution in [2.45, 2.75) is 19.5 Å². The van der Waals surface area contributed by atoms with E-state index >= 15 is 0 Å². The number of thiophene rings is 1. The number of anilines is 1. The van der Waals surface area contributed by atoms with Crippen molar-refractivity contribution in [1.82, 2.24) is 0 Å². The fraction of sp³-hybridized carbons (Fsp3) is 0.227. The fourth-order valence-corrected chi connectivity index (χ4v) is 3.95. The third-order valence-corrected chi connectivity index (χ3v) is 5.24. The van der Waals surface area contributed by atoms with E-state index in [1.165, 1.54) is 4.88 Å². The van der Waals surface area contributed by atoms with E-state index in [2.05, 4.69) is 23.8 Å². The summed E-state index contributed by atoms with van der Waals surface area (Å²) in [5.41, 5.74) is 1.70. The number of hydrogen-bond acceptors (Lipinski definition) is 3. The first-order chi connectivity index (χ1) is 13.2. The number of benzene rings is 2. The Morgan fingerprint density at radius 2 is 1.81 bits per heavy atom. The van der Waals surface area contributed by atoms with Crippen molar-refractivity contribution in [1.29, 1.82) is 0 Å². The Balaban J connectivity index is 1.85. The van der Waals surface area contributed by atoms with Crippen LogP contribution in [0.4, 0.5) is 5.69 Å². The number of quaternary nitrogens is 1. The summed E-state index contributed by atoms with van der Waals surface area (Å²) in [6, 6.07) is 21.3. The Kier molecular flexibility index (Phi) is 6.63. The largest absolute Gasteiger partial charge is 0.492 e. The average molecular weight is 382 g/mol. The smallest absolute Gasteiger partial charge is 0.287 e. The van der Waals surface area contributed by atoms with Gasteiger partial charge in [-0.05, 0) is 30.5 Å². The molecule has 0 radical (unpaired) electrons. The first-order valence-corrected chi connectivity index (χ1v) is 9.99. The molecular weight excluding hydrogens is 356 g/mol. The molecule has 2 atom stereocenters. The van der Waals surface area contributed by atoms with Gasteiger partial charge in [-0.1, -0.05) is 48.5 Å². The third kappa shape index (κ3) is 4.96. The van der Waals surface area contributed by atoms with Crippen LogP contribution in [0.2, 0.25) is 0 Å². The monoisotopic (exact) mass is 381 g/mol. The van der Waals surface area contributed by atoms with E-state index in [4.69, 9.17) is 4.74 Å². The predicted molar refractivity (Wildman–Crippen MR) is 110 cm³/mol. The van der Waals surface area contributed by atoms with Gasteiger partial charge in [-0.25, -0.2) is 0 Å². The van der Waals surface area contributed by atoms with Crippen LogP contribution in [0.1, 0.15) is 23.4 Å². The van der Waals surface area contributed by atoms with Gasteiger partial charge < -0.3 is 15.0 Å². The summed E-state index contributed by atoms with van der Waals surface area (Å²) in [6.45, 7) is 3.28. The van der Waals surface area contributed by atoms with Crippen LogP contribution in [0.3, 0.4) is 0 Å². The molecular formula is C22H25N2O2S+. The zero-order chi connectivity index (χ0) is 19.1. The van der Waals surface area contributed by atoms with Gasteiger partial charge in [-0.3, -0.25) is 4.79 Å². The fourth-order valence-electron chi connectivity index (χ4n) is 3.15. The van der Waals surface area contributed by atoms with Crippen molar-refractivity contribution in [2.24, 2.45) is 0 Å². The van der Waals surface area contributed by atoms with Crippen LogP contribution in [0.15, 0.2) is 72.1 Å². The molecule has 0 aliphatic heterocycles. The zero-order valence-electron chi connectivity index (χ0n) is 15.6. The normalized spacial score (nSPS) is 13.0. The van der Waals surface area contributed by atoms with Crippen LogP contribution in [-0.4, -0.2) is 19.6 Å². The van der Waals surface area contributed by atoms with E-state index in [1.54, 1.807) is 11.3 Å². The lowest BCUT2D eigenvalue weighted by atomic mass is 10.0. The maximum Gasteiger partial charge on any atom is 0.287 e. The lowest BCUT2D eigenvalue weighted by Gasteiger charge is -2.24. The number of carbonyl (C=O) groups excluding carboxylic acids is 1. The molecule has 2 aromatic carbocycles. The lowest BCUT2D eigenvalue weighted by Crippen LogP contribution is -3.09. The molecule has 4 nitrogen and oxygen atoms in total. The standard InChI is InChI=1S/C22H24N2O2S/c1-3-26-20-14-8-7-13-19(20)23-22(25)21(17-10-5-4-6-11-17)24(2)16-18-12-9-15-27-18/h4-15,21H,3,16H2,1-2H3,(H,23,25)/p+1/t21-/m1/s1. The Morgan fingerprint density at radius 3 is 2.52 bits per heavy atom. The molecule has 0 saturated heterocycles. The van der Waals surface area contributed by atoms with Gasteiger partial charge in [0.1, 0.15) is 12.3 Å². The van der Waals surface area contributed by atoms with Crippen molar-refractivity contribution in [3.63, 3.8) is 0 Å². The molecule has 0 aliphatic carbocycles. The molecule has 1 aromatic heterocycles. The highest BCUT2D eigenvalue weighted by Gasteiger charge is 2.30. The summed E-state index contributed by atoms with van der Waals surface area (Å²) < 4.78 is 5.65. The number of rotatable bonds is 8. The Hall–Kier alpha value is -2.63. The maximum atomic E-state index is 13.3.